The molecule has 4 rings (SSSR count). The highest BCUT2D eigenvalue weighted by molar-refractivity contribution is 6.31. The number of nitrogens with zero attached hydrogens (tertiary/aromatic N) is 2. The molecule has 0 radical (unpaired) electrons. The molecule has 1 aliphatic heterocycles. The van der Waals surface area contributed by atoms with Gasteiger partial charge in [0.05, 0.1) is 23.2 Å². The number of halogens is 4. The molecule has 1 N–H and O–H groups in total. The van der Waals surface area contributed by atoms with E-state index in [0.29, 0.717) is 53.0 Å². The summed E-state index contributed by atoms with van der Waals surface area (Å²) in [6, 6.07) is 10.8. The van der Waals surface area contributed by atoms with Crippen LogP contribution in [0.5, 0.6) is 0 Å². The highest BCUT2D eigenvalue weighted by Gasteiger charge is 2.36. The summed E-state index contributed by atoms with van der Waals surface area (Å²) in [4.78, 5) is 25.9. The van der Waals surface area contributed by atoms with Gasteiger partial charge in [-0.05, 0) is 56.6 Å². The van der Waals surface area contributed by atoms with Crippen molar-refractivity contribution in [1.82, 2.24) is 14.8 Å². The van der Waals surface area contributed by atoms with Crippen LogP contribution >= 0.6 is 11.6 Å². The van der Waals surface area contributed by atoms with Crippen LogP contribution in [0.2, 0.25) is 5.02 Å². The summed E-state index contributed by atoms with van der Waals surface area (Å²) in [5, 5.41) is 3.95. The number of nitrogens with one attached hydrogen (secondary N) is 1. The van der Waals surface area contributed by atoms with Gasteiger partial charge in [0.15, 0.2) is 0 Å². The van der Waals surface area contributed by atoms with Crippen molar-refractivity contribution in [2.45, 2.75) is 31.5 Å². The van der Waals surface area contributed by atoms with Crippen molar-refractivity contribution >= 4 is 34.7 Å². The molecule has 2 aromatic carbocycles. The Kier molecular flexibility index (Phi) is 8.38. The van der Waals surface area contributed by atoms with Gasteiger partial charge in [-0.3, -0.25) is 4.79 Å². The molecule has 3 aromatic rings. The van der Waals surface area contributed by atoms with Crippen molar-refractivity contribution in [1.29, 1.82) is 0 Å². The van der Waals surface area contributed by atoms with E-state index in [2.05, 4.69) is 5.32 Å². The molecule has 1 fully saturated rings. The van der Waals surface area contributed by atoms with Crippen molar-refractivity contribution in [2.75, 3.05) is 27.2 Å². The van der Waals surface area contributed by atoms with Crippen LogP contribution in [0.4, 0.5) is 13.2 Å². The first kappa shape index (κ1) is 25.8. The minimum Gasteiger partial charge on any atom is -0.339 e. The summed E-state index contributed by atoms with van der Waals surface area (Å²) in [5.74, 6) is -0.448. The van der Waals surface area contributed by atoms with Crippen molar-refractivity contribution in [3.05, 3.63) is 70.4 Å². The van der Waals surface area contributed by atoms with E-state index < -0.39 is 11.7 Å². The van der Waals surface area contributed by atoms with Gasteiger partial charge in [0.1, 0.15) is 6.29 Å². The quantitative estimate of drug-likeness (QED) is 0.497. The zero-order valence-corrected chi connectivity index (χ0v) is 19.8. The second-order valence-corrected chi connectivity index (χ2v) is 8.61. The lowest BCUT2D eigenvalue weighted by atomic mass is 9.86. The van der Waals surface area contributed by atoms with E-state index in [9.17, 15) is 22.8 Å². The number of aldehydes is 1. The number of fused-ring (bicyclic) bond motifs is 1. The van der Waals surface area contributed by atoms with Gasteiger partial charge in [0.25, 0.3) is 5.91 Å². The van der Waals surface area contributed by atoms with Crippen molar-refractivity contribution in [3.8, 4) is 0 Å². The van der Waals surface area contributed by atoms with Gasteiger partial charge in [-0.2, -0.15) is 13.2 Å². The Hall–Kier alpha value is -2.84. The molecule has 0 bridgehead atoms. The largest absolute Gasteiger partial charge is 0.416 e. The van der Waals surface area contributed by atoms with E-state index in [1.807, 2.05) is 14.1 Å². The Morgan fingerprint density at radius 1 is 1.15 bits per heavy atom. The van der Waals surface area contributed by atoms with Crippen molar-refractivity contribution in [3.63, 3.8) is 0 Å². The Labute approximate surface area is 201 Å². The molecule has 1 aromatic heterocycles. The fourth-order valence-electron chi connectivity index (χ4n) is 4.34. The topological polar surface area (TPSA) is 54.3 Å². The standard InChI is InChI=1S/C23H20ClF3N2O2.C2H7N/c24-16-5-6-18-19(14-29(11-12-30)21(18)13-16)22(31)28-9-7-15(8-10-28)17-3-1-2-4-20(17)23(25,26)27;1-3-2/h1-6,12-15H,7-11H2;3H,1-2H3. The van der Waals surface area contributed by atoms with Crippen molar-refractivity contribution < 1.29 is 22.8 Å². The third-order valence-electron chi connectivity index (χ3n) is 5.83. The summed E-state index contributed by atoms with van der Waals surface area (Å²) in [6.45, 7) is 0.827. The molecule has 9 heteroatoms. The molecular formula is C25H27ClF3N3O2. The average molecular weight is 494 g/mol. The smallest absolute Gasteiger partial charge is 0.339 e. The fraction of sp³-hybridized carbons (Fsp3) is 0.360. The van der Waals surface area contributed by atoms with Gasteiger partial charge < -0.3 is 19.6 Å². The highest BCUT2D eigenvalue weighted by Crippen LogP contribution is 2.39. The van der Waals surface area contributed by atoms with Crippen molar-refractivity contribution in [2.24, 2.45) is 0 Å². The molecule has 182 valence electrons. The summed E-state index contributed by atoms with van der Waals surface area (Å²) in [7, 11) is 3.75. The average Bonchev–Trinajstić information content (AvgIpc) is 3.16. The number of benzene rings is 2. The molecule has 1 saturated heterocycles. The predicted molar refractivity (Wildman–Crippen MR) is 127 cm³/mol. The van der Waals surface area contributed by atoms with Crippen LogP contribution in [0.3, 0.4) is 0 Å². The summed E-state index contributed by atoms with van der Waals surface area (Å²) < 4.78 is 41.8. The molecule has 0 unspecified atom stereocenters. The molecule has 0 atom stereocenters. The number of aromatic nitrogens is 1. The van der Waals surface area contributed by atoms with Crippen LogP contribution in [-0.4, -0.2) is 48.8 Å². The molecular weight excluding hydrogens is 467 g/mol. The maximum absolute atomic E-state index is 13.4. The normalized spacial score (nSPS) is 14.6. The number of alkyl halides is 3. The lowest BCUT2D eigenvalue weighted by Crippen LogP contribution is -2.38. The Balaban J connectivity index is 0.00000103. The zero-order chi connectivity index (χ0) is 24.9. The van der Waals surface area contributed by atoms with E-state index in [4.69, 9.17) is 11.6 Å². The third-order valence-corrected chi connectivity index (χ3v) is 6.07. The van der Waals surface area contributed by atoms with E-state index in [0.717, 1.165) is 12.4 Å². The van der Waals surface area contributed by atoms with Crippen LogP contribution < -0.4 is 5.32 Å². The Bertz CT molecular complexity index is 1150. The fourth-order valence-corrected chi connectivity index (χ4v) is 4.51. The molecule has 0 spiro atoms. The second-order valence-electron chi connectivity index (χ2n) is 8.17. The number of carbonyl (C=O) groups excluding carboxylic acids is 2. The molecule has 1 aliphatic rings. The van der Waals surface area contributed by atoms with E-state index in [1.165, 1.54) is 12.1 Å². The lowest BCUT2D eigenvalue weighted by Gasteiger charge is -2.33. The number of hydrogen-bond acceptors (Lipinski definition) is 3. The lowest BCUT2D eigenvalue weighted by molar-refractivity contribution is -0.138. The number of likely N-dealkylation sites (tertiary alicyclic amines) is 1. The summed E-state index contributed by atoms with van der Waals surface area (Å²) in [5.41, 5.74) is 0.840. The van der Waals surface area contributed by atoms with Gasteiger partial charge in [0, 0.05) is 29.7 Å². The van der Waals surface area contributed by atoms with Crippen LogP contribution in [0.25, 0.3) is 10.9 Å². The number of carbonyl (C=O) groups is 2. The van der Waals surface area contributed by atoms with Crippen LogP contribution in [-0.2, 0) is 17.5 Å². The minimum absolute atomic E-state index is 0.0976. The van der Waals surface area contributed by atoms with Gasteiger partial charge in [-0.15, -0.1) is 0 Å². The number of hydrogen-bond donors (Lipinski definition) is 1. The maximum Gasteiger partial charge on any atom is 0.416 e. The van der Waals surface area contributed by atoms with Crippen LogP contribution in [0.15, 0.2) is 48.7 Å². The van der Waals surface area contributed by atoms with Crippen LogP contribution in [0.1, 0.15) is 40.2 Å². The predicted octanol–water partition coefficient (Wildman–Crippen LogP) is 5.37. The number of rotatable bonds is 4. The molecule has 2 heterocycles. The monoisotopic (exact) mass is 493 g/mol. The third kappa shape index (κ3) is 5.62. The molecule has 0 saturated carbocycles. The van der Waals surface area contributed by atoms with Gasteiger partial charge >= 0.3 is 6.18 Å². The number of piperidine rings is 1. The maximum atomic E-state index is 13.4. The SMILES string of the molecule is CNC.O=CCn1cc(C(=O)N2CCC(c3ccccc3C(F)(F)F)CC2)c2ccc(Cl)cc21. The number of amides is 1. The molecule has 1 amide bonds. The first-order valence-electron chi connectivity index (χ1n) is 11.0. The molecule has 5 nitrogen and oxygen atoms in total. The minimum atomic E-state index is -4.40. The Morgan fingerprint density at radius 2 is 1.79 bits per heavy atom. The first-order valence-corrected chi connectivity index (χ1v) is 11.3. The summed E-state index contributed by atoms with van der Waals surface area (Å²) in [6.07, 6.45) is -1.10. The van der Waals surface area contributed by atoms with Gasteiger partial charge in [-0.25, -0.2) is 0 Å². The van der Waals surface area contributed by atoms with E-state index in [-0.39, 0.29) is 18.4 Å². The van der Waals surface area contributed by atoms with Crippen LogP contribution in [0, 0.1) is 0 Å². The molecule has 34 heavy (non-hydrogen) atoms. The zero-order valence-electron chi connectivity index (χ0n) is 19.0. The van der Waals surface area contributed by atoms with E-state index in [1.54, 1.807) is 39.9 Å². The van der Waals surface area contributed by atoms with E-state index >= 15 is 0 Å². The van der Waals surface area contributed by atoms with Gasteiger partial charge in [-0.1, -0.05) is 35.9 Å². The second kappa shape index (κ2) is 11.1. The summed E-state index contributed by atoms with van der Waals surface area (Å²) >= 11 is 6.07. The van der Waals surface area contributed by atoms with Gasteiger partial charge in [0.2, 0.25) is 0 Å². The molecule has 0 aliphatic carbocycles. The Morgan fingerprint density at radius 3 is 2.41 bits per heavy atom. The highest BCUT2D eigenvalue weighted by atomic mass is 35.5. The first-order chi connectivity index (χ1) is 16.2.